The van der Waals surface area contributed by atoms with E-state index < -0.39 is 0 Å². The van der Waals surface area contributed by atoms with Crippen molar-refractivity contribution in [2.75, 3.05) is 29.5 Å². The van der Waals surface area contributed by atoms with E-state index in [1.807, 2.05) is 11.8 Å². The first-order chi connectivity index (χ1) is 7.72. The molecule has 1 fully saturated rings. The van der Waals surface area contributed by atoms with Gasteiger partial charge in [0.25, 0.3) is 0 Å². The zero-order chi connectivity index (χ0) is 11.5. The minimum absolute atomic E-state index is 0.485. The van der Waals surface area contributed by atoms with Gasteiger partial charge < -0.3 is 10.6 Å². The van der Waals surface area contributed by atoms with Crippen molar-refractivity contribution in [1.29, 1.82) is 0 Å². The molecule has 0 spiro atoms. The van der Waals surface area contributed by atoms with Crippen molar-refractivity contribution >= 4 is 33.4 Å². The first-order valence-corrected chi connectivity index (χ1v) is 7.47. The molecule has 0 aliphatic carbocycles. The van der Waals surface area contributed by atoms with E-state index in [0.717, 1.165) is 23.3 Å². The van der Waals surface area contributed by atoms with E-state index in [9.17, 15) is 0 Å². The molecule has 0 amide bonds. The molecule has 4 heteroatoms. The summed E-state index contributed by atoms with van der Waals surface area (Å²) in [5.41, 5.74) is 8.50. The number of anilines is 1. The van der Waals surface area contributed by atoms with E-state index in [2.05, 4.69) is 46.0 Å². The Morgan fingerprint density at radius 3 is 3.06 bits per heavy atom. The second-order valence-electron chi connectivity index (χ2n) is 4.09. The van der Waals surface area contributed by atoms with E-state index in [0.29, 0.717) is 6.04 Å². The van der Waals surface area contributed by atoms with Crippen molar-refractivity contribution in [1.82, 2.24) is 0 Å². The van der Waals surface area contributed by atoms with Crippen LogP contribution in [-0.2, 0) is 0 Å². The fraction of sp³-hybridized carbons (Fsp3) is 0.500. The molecule has 1 aliphatic heterocycles. The second-order valence-corrected chi connectivity index (χ2v) is 6.15. The highest BCUT2D eigenvalue weighted by Gasteiger charge is 2.22. The lowest BCUT2D eigenvalue weighted by atomic mass is 10.1. The first-order valence-electron chi connectivity index (χ1n) is 5.53. The molecule has 1 aromatic rings. The third-order valence-corrected chi connectivity index (χ3v) is 4.55. The van der Waals surface area contributed by atoms with Gasteiger partial charge in [-0.25, -0.2) is 0 Å². The summed E-state index contributed by atoms with van der Waals surface area (Å²) in [6, 6.07) is 6.96. The normalized spacial score (nSPS) is 21.2. The van der Waals surface area contributed by atoms with Gasteiger partial charge >= 0.3 is 0 Å². The summed E-state index contributed by atoms with van der Waals surface area (Å²) in [5.74, 6) is 2.35. The van der Waals surface area contributed by atoms with E-state index >= 15 is 0 Å². The number of benzene rings is 1. The molecule has 16 heavy (non-hydrogen) atoms. The zero-order valence-electron chi connectivity index (χ0n) is 9.45. The van der Waals surface area contributed by atoms with Crippen molar-refractivity contribution in [3.8, 4) is 0 Å². The summed E-state index contributed by atoms with van der Waals surface area (Å²) in [4.78, 5) is 2.46. The molecule has 1 atom stereocenters. The summed E-state index contributed by atoms with van der Waals surface area (Å²) in [7, 11) is 0. The fourth-order valence-electron chi connectivity index (χ4n) is 2.11. The number of aryl methyl sites for hydroxylation is 1. The topological polar surface area (TPSA) is 29.3 Å². The quantitative estimate of drug-likeness (QED) is 0.910. The number of thioether (sulfide) groups is 1. The average molecular weight is 301 g/mol. The minimum Gasteiger partial charge on any atom is -0.365 e. The van der Waals surface area contributed by atoms with Crippen molar-refractivity contribution in [3.05, 3.63) is 28.2 Å². The minimum atomic E-state index is 0.485. The van der Waals surface area contributed by atoms with Crippen LogP contribution in [0.5, 0.6) is 0 Å². The summed E-state index contributed by atoms with van der Waals surface area (Å²) in [6.45, 7) is 4.01. The largest absolute Gasteiger partial charge is 0.365 e. The molecule has 1 aromatic carbocycles. The number of hydrogen-bond acceptors (Lipinski definition) is 3. The predicted molar refractivity (Wildman–Crippen MR) is 76.4 cm³/mol. The van der Waals surface area contributed by atoms with Gasteiger partial charge in [-0.3, -0.25) is 0 Å². The average Bonchev–Trinajstić information content (AvgIpc) is 2.29. The van der Waals surface area contributed by atoms with Gasteiger partial charge in [-0.15, -0.1) is 0 Å². The van der Waals surface area contributed by atoms with Gasteiger partial charge in [0.2, 0.25) is 0 Å². The van der Waals surface area contributed by atoms with E-state index in [4.69, 9.17) is 5.73 Å². The molecule has 1 saturated heterocycles. The van der Waals surface area contributed by atoms with Crippen molar-refractivity contribution in [3.63, 3.8) is 0 Å². The maximum absolute atomic E-state index is 5.85. The van der Waals surface area contributed by atoms with Crippen LogP contribution in [0.2, 0.25) is 0 Å². The Morgan fingerprint density at radius 1 is 1.56 bits per heavy atom. The molecule has 0 radical (unpaired) electrons. The van der Waals surface area contributed by atoms with Gasteiger partial charge in [-0.05, 0) is 30.7 Å². The molecule has 0 saturated carbocycles. The summed E-state index contributed by atoms with van der Waals surface area (Å²) >= 11 is 5.51. The highest BCUT2D eigenvalue weighted by Crippen LogP contribution is 2.28. The van der Waals surface area contributed by atoms with Crippen LogP contribution in [0, 0.1) is 6.92 Å². The van der Waals surface area contributed by atoms with Crippen LogP contribution in [0.25, 0.3) is 0 Å². The van der Waals surface area contributed by atoms with Gasteiger partial charge in [0.15, 0.2) is 0 Å². The van der Waals surface area contributed by atoms with Gasteiger partial charge in [-0.2, -0.15) is 11.8 Å². The van der Waals surface area contributed by atoms with Crippen LogP contribution in [0.3, 0.4) is 0 Å². The maximum Gasteiger partial charge on any atom is 0.0503 e. The van der Waals surface area contributed by atoms with Crippen LogP contribution < -0.4 is 10.6 Å². The van der Waals surface area contributed by atoms with E-state index in [-0.39, 0.29) is 0 Å². The predicted octanol–water partition coefficient (Wildman–Crippen LogP) is 2.64. The number of rotatable bonds is 2. The number of nitrogens with zero attached hydrogens (tertiary/aromatic N) is 1. The van der Waals surface area contributed by atoms with Crippen LogP contribution >= 0.6 is 27.7 Å². The van der Waals surface area contributed by atoms with Gasteiger partial charge in [-0.1, -0.05) is 15.9 Å². The lowest BCUT2D eigenvalue weighted by molar-refractivity contribution is 0.653. The second kappa shape index (κ2) is 5.43. The number of hydrogen-bond donors (Lipinski definition) is 1. The number of halogens is 1. The highest BCUT2D eigenvalue weighted by atomic mass is 79.9. The molecular weight excluding hydrogens is 284 g/mol. The Hall–Kier alpha value is -0.190. The molecule has 2 rings (SSSR count). The fourth-order valence-corrected chi connectivity index (χ4v) is 3.66. The number of nitrogens with two attached hydrogens (primary N) is 1. The molecule has 2 N–H and O–H groups in total. The van der Waals surface area contributed by atoms with Crippen LogP contribution in [-0.4, -0.2) is 30.6 Å². The van der Waals surface area contributed by atoms with Gasteiger partial charge in [0.1, 0.15) is 0 Å². The standard InChI is InChI=1S/C12H17BrN2S/c1-9-6-10(13)2-3-12(9)15-4-5-16-8-11(15)7-14/h2-3,6,11H,4-5,7-8,14H2,1H3. The Morgan fingerprint density at radius 2 is 2.38 bits per heavy atom. The Kier molecular flexibility index (Phi) is 4.16. The lowest BCUT2D eigenvalue weighted by Gasteiger charge is -2.37. The molecule has 2 nitrogen and oxygen atoms in total. The summed E-state index contributed by atoms with van der Waals surface area (Å²) in [6.07, 6.45) is 0. The third-order valence-electron chi connectivity index (χ3n) is 2.97. The Bertz CT molecular complexity index is 370. The molecular formula is C12H17BrN2S. The lowest BCUT2D eigenvalue weighted by Crippen LogP contribution is -2.47. The van der Waals surface area contributed by atoms with Gasteiger partial charge in [0, 0.05) is 34.8 Å². The van der Waals surface area contributed by atoms with Crippen molar-refractivity contribution < 1.29 is 0 Å². The van der Waals surface area contributed by atoms with Gasteiger partial charge in [0.05, 0.1) is 6.04 Å². The third kappa shape index (κ3) is 2.55. The Labute approximate surface area is 110 Å². The van der Waals surface area contributed by atoms with E-state index in [1.165, 1.54) is 17.0 Å². The van der Waals surface area contributed by atoms with Crippen molar-refractivity contribution in [2.24, 2.45) is 5.73 Å². The zero-order valence-corrected chi connectivity index (χ0v) is 11.9. The SMILES string of the molecule is Cc1cc(Br)ccc1N1CCSCC1CN. The summed E-state index contributed by atoms with van der Waals surface area (Å²) in [5, 5.41) is 0. The van der Waals surface area contributed by atoms with E-state index in [1.54, 1.807) is 0 Å². The molecule has 1 unspecified atom stereocenters. The monoisotopic (exact) mass is 300 g/mol. The highest BCUT2D eigenvalue weighted by molar-refractivity contribution is 9.10. The molecule has 88 valence electrons. The van der Waals surface area contributed by atoms with Crippen LogP contribution in [0.1, 0.15) is 5.56 Å². The van der Waals surface area contributed by atoms with Crippen LogP contribution in [0.15, 0.2) is 22.7 Å². The first kappa shape index (κ1) is 12.3. The van der Waals surface area contributed by atoms with Crippen molar-refractivity contribution in [2.45, 2.75) is 13.0 Å². The molecule has 1 heterocycles. The molecule has 1 aliphatic rings. The maximum atomic E-state index is 5.85. The molecule has 0 bridgehead atoms. The van der Waals surface area contributed by atoms with Crippen LogP contribution in [0.4, 0.5) is 5.69 Å². The smallest absolute Gasteiger partial charge is 0.0503 e. The Balaban J connectivity index is 2.27. The summed E-state index contributed by atoms with van der Waals surface area (Å²) < 4.78 is 1.14. The molecule has 0 aromatic heterocycles.